The summed E-state index contributed by atoms with van der Waals surface area (Å²) in [6, 6.07) is 0. The summed E-state index contributed by atoms with van der Waals surface area (Å²) < 4.78 is 0. The zero-order valence-electron chi connectivity index (χ0n) is 10.4. The third-order valence-corrected chi connectivity index (χ3v) is 3.98. The van der Waals surface area contributed by atoms with E-state index in [1.54, 1.807) is 0 Å². The van der Waals surface area contributed by atoms with Gasteiger partial charge in [-0.05, 0) is 50.6 Å². The van der Waals surface area contributed by atoms with Crippen molar-refractivity contribution < 1.29 is 0 Å². The molecule has 1 N–H and O–H groups in total. The quantitative estimate of drug-likeness (QED) is 0.722. The van der Waals surface area contributed by atoms with Crippen LogP contribution in [0.4, 0.5) is 0 Å². The lowest BCUT2D eigenvalue weighted by molar-refractivity contribution is 0.173. The minimum Gasteiger partial charge on any atom is -0.316 e. The molecular formula is C13H26N2. The monoisotopic (exact) mass is 210 g/mol. The molecule has 0 spiro atoms. The first-order valence-electron chi connectivity index (χ1n) is 6.63. The van der Waals surface area contributed by atoms with Gasteiger partial charge in [-0.3, -0.25) is 0 Å². The molecule has 1 atom stereocenters. The summed E-state index contributed by atoms with van der Waals surface area (Å²) >= 11 is 0. The number of nitrogens with zero attached hydrogens (tertiary/aromatic N) is 1. The summed E-state index contributed by atoms with van der Waals surface area (Å²) in [6.45, 7) is 7.45. The van der Waals surface area contributed by atoms with Crippen LogP contribution in [0.1, 0.15) is 39.0 Å². The van der Waals surface area contributed by atoms with Gasteiger partial charge >= 0.3 is 0 Å². The van der Waals surface area contributed by atoms with Gasteiger partial charge in [-0.25, -0.2) is 0 Å². The van der Waals surface area contributed by atoms with Gasteiger partial charge in [0.05, 0.1) is 0 Å². The average Bonchev–Trinajstić information content (AvgIpc) is 2.86. The first-order valence-corrected chi connectivity index (χ1v) is 6.63. The summed E-state index contributed by atoms with van der Waals surface area (Å²) in [7, 11) is 2.31. The normalized spacial score (nSPS) is 31.4. The Morgan fingerprint density at radius 2 is 2.20 bits per heavy atom. The van der Waals surface area contributed by atoms with Crippen LogP contribution in [0.15, 0.2) is 0 Å². The summed E-state index contributed by atoms with van der Waals surface area (Å²) in [5, 5.41) is 3.55. The highest BCUT2D eigenvalue weighted by Gasteiger charge is 2.34. The number of rotatable bonds is 6. The maximum atomic E-state index is 3.55. The van der Waals surface area contributed by atoms with Crippen molar-refractivity contribution in [3.8, 4) is 0 Å². The predicted octanol–water partition coefficient (Wildman–Crippen LogP) is 2.11. The molecule has 2 heteroatoms. The zero-order chi connectivity index (χ0) is 10.7. The van der Waals surface area contributed by atoms with Crippen molar-refractivity contribution in [2.24, 2.45) is 11.3 Å². The molecule has 15 heavy (non-hydrogen) atoms. The van der Waals surface area contributed by atoms with E-state index >= 15 is 0 Å². The molecule has 0 aromatic rings. The largest absolute Gasteiger partial charge is 0.316 e. The van der Waals surface area contributed by atoms with Gasteiger partial charge in [0.15, 0.2) is 0 Å². The van der Waals surface area contributed by atoms with E-state index in [2.05, 4.69) is 24.2 Å². The molecule has 0 aromatic heterocycles. The second-order valence-corrected chi connectivity index (χ2v) is 5.82. The molecule has 0 amide bonds. The second kappa shape index (κ2) is 4.84. The fraction of sp³-hybridized carbons (Fsp3) is 1.00. The molecule has 2 nitrogen and oxygen atoms in total. The van der Waals surface area contributed by atoms with E-state index in [0.29, 0.717) is 5.41 Å². The van der Waals surface area contributed by atoms with Crippen molar-refractivity contribution in [2.45, 2.75) is 39.0 Å². The molecule has 1 saturated carbocycles. The standard InChI is InChI=1S/C13H26N2/c1-3-6-13(7-8-14-10-13)11-15(2)9-12-4-5-12/h12,14H,3-11H2,1-2H3. The van der Waals surface area contributed by atoms with Gasteiger partial charge < -0.3 is 10.2 Å². The lowest BCUT2D eigenvalue weighted by Crippen LogP contribution is -2.38. The van der Waals surface area contributed by atoms with Crippen LogP contribution in [0.5, 0.6) is 0 Å². The smallest absolute Gasteiger partial charge is 0.00477 e. The van der Waals surface area contributed by atoms with E-state index in [0.717, 1.165) is 5.92 Å². The highest BCUT2D eigenvalue weighted by Crippen LogP contribution is 2.34. The molecule has 1 unspecified atom stereocenters. The predicted molar refractivity (Wildman–Crippen MR) is 65.0 cm³/mol. The molecule has 88 valence electrons. The SMILES string of the molecule is CCCC1(CN(C)CC2CC2)CCNC1. The lowest BCUT2D eigenvalue weighted by atomic mass is 9.82. The Bertz CT molecular complexity index is 193. The van der Waals surface area contributed by atoms with Crippen molar-refractivity contribution in [1.82, 2.24) is 10.2 Å². The van der Waals surface area contributed by atoms with E-state index in [1.165, 1.54) is 58.3 Å². The Morgan fingerprint density at radius 3 is 2.73 bits per heavy atom. The summed E-state index contributed by atoms with van der Waals surface area (Å²) in [6.07, 6.45) is 7.07. The van der Waals surface area contributed by atoms with Crippen LogP contribution in [-0.2, 0) is 0 Å². The third kappa shape index (κ3) is 3.18. The van der Waals surface area contributed by atoms with Gasteiger partial charge in [-0.1, -0.05) is 13.3 Å². The zero-order valence-corrected chi connectivity index (χ0v) is 10.4. The molecule has 2 fully saturated rings. The molecule has 2 rings (SSSR count). The maximum Gasteiger partial charge on any atom is 0.00477 e. The van der Waals surface area contributed by atoms with E-state index in [9.17, 15) is 0 Å². The number of hydrogen-bond acceptors (Lipinski definition) is 2. The lowest BCUT2D eigenvalue weighted by Gasteiger charge is -2.33. The van der Waals surface area contributed by atoms with E-state index in [1.807, 2.05) is 0 Å². The van der Waals surface area contributed by atoms with Gasteiger partial charge in [0.25, 0.3) is 0 Å². The van der Waals surface area contributed by atoms with Crippen molar-refractivity contribution >= 4 is 0 Å². The van der Waals surface area contributed by atoms with Crippen LogP contribution >= 0.6 is 0 Å². The van der Waals surface area contributed by atoms with Crippen molar-refractivity contribution in [3.05, 3.63) is 0 Å². The molecule has 0 aromatic carbocycles. The number of nitrogens with one attached hydrogen (secondary N) is 1. The van der Waals surface area contributed by atoms with E-state index in [-0.39, 0.29) is 0 Å². The average molecular weight is 210 g/mol. The third-order valence-electron chi connectivity index (χ3n) is 3.98. The summed E-state index contributed by atoms with van der Waals surface area (Å²) in [5.41, 5.74) is 0.596. The van der Waals surface area contributed by atoms with Crippen LogP contribution in [0.25, 0.3) is 0 Å². The first-order chi connectivity index (χ1) is 7.24. The molecular weight excluding hydrogens is 184 g/mol. The number of hydrogen-bond donors (Lipinski definition) is 1. The fourth-order valence-corrected chi connectivity index (χ4v) is 3.13. The minimum absolute atomic E-state index is 0.596. The van der Waals surface area contributed by atoms with Crippen LogP contribution in [0, 0.1) is 11.3 Å². The minimum atomic E-state index is 0.596. The van der Waals surface area contributed by atoms with Crippen LogP contribution in [0.3, 0.4) is 0 Å². The van der Waals surface area contributed by atoms with Crippen molar-refractivity contribution in [2.75, 3.05) is 33.2 Å². The highest BCUT2D eigenvalue weighted by molar-refractivity contribution is 4.90. The summed E-state index contributed by atoms with van der Waals surface area (Å²) in [5.74, 6) is 1.03. The van der Waals surface area contributed by atoms with Crippen LogP contribution < -0.4 is 5.32 Å². The maximum absolute atomic E-state index is 3.55. The second-order valence-electron chi connectivity index (χ2n) is 5.82. The van der Waals surface area contributed by atoms with E-state index in [4.69, 9.17) is 0 Å². The van der Waals surface area contributed by atoms with Crippen LogP contribution in [-0.4, -0.2) is 38.1 Å². The Morgan fingerprint density at radius 1 is 1.40 bits per heavy atom. The molecule has 1 aliphatic heterocycles. The Labute approximate surface area is 94.4 Å². The van der Waals surface area contributed by atoms with Gasteiger partial charge in [0, 0.05) is 19.6 Å². The fourth-order valence-electron chi connectivity index (χ4n) is 3.13. The molecule has 0 radical (unpaired) electrons. The molecule has 1 saturated heterocycles. The molecule has 0 bridgehead atoms. The van der Waals surface area contributed by atoms with Gasteiger partial charge in [-0.2, -0.15) is 0 Å². The van der Waals surface area contributed by atoms with E-state index < -0.39 is 0 Å². The Kier molecular flexibility index (Phi) is 3.68. The van der Waals surface area contributed by atoms with Gasteiger partial charge in [0.1, 0.15) is 0 Å². The van der Waals surface area contributed by atoms with Crippen LogP contribution in [0.2, 0.25) is 0 Å². The van der Waals surface area contributed by atoms with Gasteiger partial charge in [-0.15, -0.1) is 0 Å². The highest BCUT2D eigenvalue weighted by atomic mass is 15.1. The van der Waals surface area contributed by atoms with Crippen molar-refractivity contribution in [3.63, 3.8) is 0 Å². The topological polar surface area (TPSA) is 15.3 Å². The molecule has 2 aliphatic rings. The Balaban J connectivity index is 1.81. The molecule has 1 heterocycles. The van der Waals surface area contributed by atoms with Crippen molar-refractivity contribution in [1.29, 1.82) is 0 Å². The summed E-state index contributed by atoms with van der Waals surface area (Å²) in [4.78, 5) is 2.58. The first kappa shape index (κ1) is 11.4. The van der Waals surface area contributed by atoms with Gasteiger partial charge in [0.2, 0.25) is 0 Å². The molecule has 1 aliphatic carbocycles. The Hall–Kier alpha value is -0.0800.